The third-order valence-electron chi connectivity index (χ3n) is 4.46. The zero-order chi connectivity index (χ0) is 21.5. The Morgan fingerprint density at radius 2 is 1.73 bits per heavy atom. The second-order valence-corrected chi connectivity index (χ2v) is 6.59. The molecule has 3 N–H and O–H groups in total. The molecule has 1 saturated heterocycles. The van der Waals surface area contributed by atoms with Crippen LogP contribution in [0.2, 0.25) is 0 Å². The Kier molecular flexibility index (Phi) is 6.63. The lowest BCUT2D eigenvalue weighted by atomic mass is 10.1. The van der Waals surface area contributed by atoms with Crippen LogP contribution in [-0.4, -0.2) is 37.0 Å². The maximum atomic E-state index is 12.3. The minimum Gasteiger partial charge on any atom is -0.497 e. The summed E-state index contributed by atoms with van der Waals surface area (Å²) in [5.41, 5.74) is 1.83. The van der Waals surface area contributed by atoms with Gasteiger partial charge in [0, 0.05) is 17.7 Å². The molecule has 9 nitrogen and oxygen atoms in total. The molecule has 30 heavy (non-hydrogen) atoms. The molecule has 0 saturated carbocycles. The van der Waals surface area contributed by atoms with E-state index in [0.717, 1.165) is 5.56 Å². The van der Waals surface area contributed by atoms with Crippen LogP contribution in [-0.2, 0) is 20.9 Å². The minimum atomic E-state index is -0.714. The van der Waals surface area contributed by atoms with E-state index in [0.29, 0.717) is 17.0 Å². The van der Waals surface area contributed by atoms with E-state index in [2.05, 4.69) is 16.0 Å². The molecule has 2 aromatic carbocycles. The van der Waals surface area contributed by atoms with Crippen molar-refractivity contribution in [3.8, 4) is 5.75 Å². The van der Waals surface area contributed by atoms with Crippen molar-refractivity contribution in [1.29, 1.82) is 0 Å². The normalized spacial score (nSPS) is 15.2. The zero-order valence-corrected chi connectivity index (χ0v) is 16.3. The van der Waals surface area contributed by atoms with Crippen LogP contribution in [0.5, 0.6) is 5.75 Å². The maximum absolute atomic E-state index is 12.3. The fourth-order valence-electron chi connectivity index (χ4n) is 2.79. The number of carbonyl (C=O) groups is 4. The standard InChI is InChI=1S/C21H21N3O6/c1-29-16-8-6-15(7-9-16)22-19(26)14-4-2-13(3-5-14)12-30-18(25)11-10-17-20(27)24-21(28)23-17/h2-9,17H,10-12H2,1H3,(H,22,26)(H2,23,24,27,28). The Bertz CT molecular complexity index is 940. The quantitative estimate of drug-likeness (QED) is 0.451. The summed E-state index contributed by atoms with van der Waals surface area (Å²) in [7, 11) is 1.57. The number of nitrogens with one attached hydrogen (secondary N) is 3. The highest BCUT2D eigenvalue weighted by Crippen LogP contribution is 2.16. The molecule has 1 aliphatic rings. The third kappa shape index (κ3) is 5.57. The first-order chi connectivity index (χ1) is 14.4. The average molecular weight is 411 g/mol. The predicted molar refractivity (Wildman–Crippen MR) is 107 cm³/mol. The van der Waals surface area contributed by atoms with Gasteiger partial charge in [-0.1, -0.05) is 12.1 Å². The molecule has 3 rings (SSSR count). The van der Waals surface area contributed by atoms with Gasteiger partial charge in [0.2, 0.25) is 0 Å². The molecule has 9 heteroatoms. The van der Waals surface area contributed by atoms with Crippen molar-refractivity contribution in [3.05, 3.63) is 59.7 Å². The van der Waals surface area contributed by atoms with Crippen molar-refractivity contribution in [3.63, 3.8) is 0 Å². The Morgan fingerprint density at radius 1 is 1.03 bits per heavy atom. The van der Waals surface area contributed by atoms with Crippen LogP contribution in [0.15, 0.2) is 48.5 Å². The number of amides is 4. The maximum Gasteiger partial charge on any atom is 0.322 e. The molecule has 0 radical (unpaired) electrons. The molecule has 156 valence electrons. The SMILES string of the molecule is COc1ccc(NC(=O)c2ccc(COC(=O)CCC3NC(=O)NC3=O)cc2)cc1. The number of methoxy groups -OCH3 is 1. The number of hydrogen-bond donors (Lipinski definition) is 3. The highest BCUT2D eigenvalue weighted by molar-refractivity contribution is 6.04. The van der Waals surface area contributed by atoms with E-state index in [9.17, 15) is 19.2 Å². The van der Waals surface area contributed by atoms with Gasteiger partial charge in [-0.05, 0) is 48.4 Å². The molecule has 1 aliphatic heterocycles. The molecule has 2 aromatic rings. The zero-order valence-electron chi connectivity index (χ0n) is 16.3. The summed E-state index contributed by atoms with van der Waals surface area (Å²) in [5, 5.41) is 7.31. The first-order valence-electron chi connectivity index (χ1n) is 9.26. The van der Waals surface area contributed by atoms with E-state index in [1.165, 1.54) is 0 Å². The van der Waals surface area contributed by atoms with Gasteiger partial charge in [0.25, 0.3) is 11.8 Å². The topological polar surface area (TPSA) is 123 Å². The number of benzene rings is 2. The Balaban J connectivity index is 1.44. The number of ether oxygens (including phenoxy) is 2. The lowest BCUT2D eigenvalue weighted by molar-refractivity contribution is -0.145. The fourth-order valence-corrected chi connectivity index (χ4v) is 2.79. The largest absolute Gasteiger partial charge is 0.497 e. The summed E-state index contributed by atoms with van der Waals surface area (Å²) in [4.78, 5) is 46.6. The lowest BCUT2D eigenvalue weighted by Crippen LogP contribution is -2.29. The number of anilines is 1. The summed E-state index contributed by atoms with van der Waals surface area (Å²) >= 11 is 0. The van der Waals surface area contributed by atoms with Crippen molar-refractivity contribution in [1.82, 2.24) is 10.6 Å². The Labute approximate surface area is 172 Å². The van der Waals surface area contributed by atoms with Gasteiger partial charge in [-0.15, -0.1) is 0 Å². The molecular formula is C21H21N3O6. The molecule has 1 fully saturated rings. The molecule has 0 spiro atoms. The first-order valence-corrected chi connectivity index (χ1v) is 9.26. The Morgan fingerprint density at radius 3 is 2.33 bits per heavy atom. The van der Waals surface area contributed by atoms with Crippen molar-refractivity contribution in [2.45, 2.75) is 25.5 Å². The van der Waals surface area contributed by atoms with E-state index in [-0.39, 0.29) is 25.4 Å². The number of carbonyl (C=O) groups excluding carboxylic acids is 4. The molecule has 4 amide bonds. The lowest BCUT2D eigenvalue weighted by Gasteiger charge is -2.09. The van der Waals surface area contributed by atoms with Gasteiger partial charge in [-0.3, -0.25) is 19.7 Å². The summed E-state index contributed by atoms with van der Waals surface area (Å²) < 4.78 is 10.3. The fraction of sp³-hybridized carbons (Fsp3) is 0.238. The van der Waals surface area contributed by atoms with Gasteiger partial charge in [-0.2, -0.15) is 0 Å². The molecule has 0 aliphatic carbocycles. The number of hydrogen-bond acceptors (Lipinski definition) is 6. The highest BCUT2D eigenvalue weighted by Gasteiger charge is 2.29. The molecule has 0 aromatic heterocycles. The van der Waals surface area contributed by atoms with Crippen LogP contribution in [0.4, 0.5) is 10.5 Å². The monoisotopic (exact) mass is 411 g/mol. The van der Waals surface area contributed by atoms with Crippen LogP contribution in [0.1, 0.15) is 28.8 Å². The number of urea groups is 1. The van der Waals surface area contributed by atoms with Gasteiger partial charge in [0.15, 0.2) is 0 Å². The van der Waals surface area contributed by atoms with E-state index in [4.69, 9.17) is 9.47 Å². The number of esters is 1. The van der Waals surface area contributed by atoms with Crippen LogP contribution in [0.3, 0.4) is 0 Å². The van der Waals surface area contributed by atoms with E-state index < -0.39 is 23.9 Å². The molecule has 1 unspecified atom stereocenters. The minimum absolute atomic E-state index is 0.000712. The van der Waals surface area contributed by atoms with E-state index in [1.54, 1.807) is 55.6 Å². The smallest absolute Gasteiger partial charge is 0.322 e. The second kappa shape index (κ2) is 9.55. The van der Waals surface area contributed by atoms with Crippen molar-refractivity contribution < 1.29 is 28.7 Å². The molecular weight excluding hydrogens is 390 g/mol. The van der Waals surface area contributed by atoms with Gasteiger partial charge in [-0.25, -0.2) is 4.79 Å². The summed E-state index contributed by atoms with van der Waals surface area (Å²) in [6.45, 7) is 0.0441. The third-order valence-corrected chi connectivity index (χ3v) is 4.46. The van der Waals surface area contributed by atoms with Crippen LogP contribution in [0, 0.1) is 0 Å². The summed E-state index contributed by atoms with van der Waals surface area (Å²) in [5.74, 6) is -0.495. The second-order valence-electron chi connectivity index (χ2n) is 6.59. The predicted octanol–water partition coefficient (Wildman–Crippen LogP) is 1.98. The van der Waals surface area contributed by atoms with Gasteiger partial charge in [0.05, 0.1) is 7.11 Å². The van der Waals surface area contributed by atoms with E-state index in [1.807, 2.05) is 0 Å². The van der Waals surface area contributed by atoms with Gasteiger partial charge >= 0.3 is 12.0 Å². The highest BCUT2D eigenvalue weighted by atomic mass is 16.5. The van der Waals surface area contributed by atoms with Crippen molar-refractivity contribution in [2.75, 3.05) is 12.4 Å². The number of imide groups is 1. The van der Waals surface area contributed by atoms with Crippen LogP contribution < -0.4 is 20.7 Å². The summed E-state index contributed by atoms with van der Waals surface area (Å²) in [6.07, 6.45) is 0.168. The molecule has 1 heterocycles. The number of rotatable bonds is 8. The van der Waals surface area contributed by atoms with Crippen molar-refractivity contribution >= 4 is 29.5 Å². The average Bonchev–Trinajstić information content (AvgIpc) is 3.08. The molecule has 0 bridgehead atoms. The van der Waals surface area contributed by atoms with Crippen molar-refractivity contribution in [2.24, 2.45) is 0 Å². The van der Waals surface area contributed by atoms with Gasteiger partial charge < -0.3 is 20.1 Å². The summed E-state index contributed by atoms with van der Waals surface area (Å²) in [6, 6.07) is 12.4. The van der Waals surface area contributed by atoms with E-state index >= 15 is 0 Å². The van der Waals surface area contributed by atoms with Crippen LogP contribution in [0.25, 0.3) is 0 Å². The van der Waals surface area contributed by atoms with Crippen LogP contribution >= 0.6 is 0 Å². The van der Waals surface area contributed by atoms with Gasteiger partial charge in [0.1, 0.15) is 18.4 Å². The Hall–Kier alpha value is -3.88. The first kappa shape index (κ1) is 20.8. The molecule has 1 atom stereocenters.